The molecule has 1 saturated heterocycles. The van der Waals surface area contributed by atoms with Crippen LogP contribution in [0.5, 0.6) is 0 Å². The van der Waals surface area contributed by atoms with Gasteiger partial charge in [0.2, 0.25) is 0 Å². The first-order chi connectivity index (χ1) is 13.4. The highest BCUT2D eigenvalue weighted by Crippen LogP contribution is 2.42. The van der Waals surface area contributed by atoms with Crippen molar-refractivity contribution in [2.75, 3.05) is 49.6 Å². The zero-order valence-electron chi connectivity index (χ0n) is 15.2. The van der Waals surface area contributed by atoms with Gasteiger partial charge in [0.05, 0.1) is 13.2 Å². The number of aromatic nitrogens is 4. The Hall–Kier alpha value is -2.10. The minimum Gasteiger partial charge on any atom is -0.378 e. The van der Waals surface area contributed by atoms with Crippen LogP contribution in [0.4, 0.5) is 11.6 Å². The zero-order chi connectivity index (χ0) is 18.2. The summed E-state index contributed by atoms with van der Waals surface area (Å²) in [4.78, 5) is 8.53. The molecule has 5 rings (SSSR count). The van der Waals surface area contributed by atoms with Crippen molar-refractivity contribution in [1.82, 2.24) is 20.4 Å². The van der Waals surface area contributed by atoms with Crippen LogP contribution in [-0.4, -0.2) is 59.8 Å². The number of hydrogen-bond acceptors (Lipinski definition) is 9. The third kappa shape index (κ3) is 2.90. The molecule has 0 amide bonds. The van der Waals surface area contributed by atoms with Crippen LogP contribution in [-0.2, 0) is 17.6 Å². The van der Waals surface area contributed by atoms with Crippen molar-refractivity contribution in [3.05, 3.63) is 11.1 Å². The lowest BCUT2D eigenvalue weighted by Crippen LogP contribution is -2.37. The fourth-order valence-electron chi connectivity index (χ4n) is 4.11. The van der Waals surface area contributed by atoms with E-state index in [9.17, 15) is 0 Å². The van der Waals surface area contributed by atoms with E-state index >= 15 is 0 Å². The van der Waals surface area contributed by atoms with Crippen LogP contribution >= 0.6 is 11.3 Å². The third-order valence-corrected chi connectivity index (χ3v) is 6.44. The van der Waals surface area contributed by atoms with Crippen LogP contribution in [0.3, 0.4) is 0 Å². The molecule has 4 heterocycles. The number of rotatable bonds is 4. The van der Waals surface area contributed by atoms with Gasteiger partial charge in [0.1, 0.15) is 20.9 Å². The number of nitrogens with two attached hydrogens (primary N) is 1. The van der Waals surface area contributed by atoms with Gasteiger partial charge in [-0.15, -0.1) is 21.5 Å². The maximum absolute atomic E-state index is 5.64. The smallest absolute Gasteiger partial charge is 0.170 e. The Balaban J connectivity index is 1.73. The van der Waals surface area contributed by atoms with E-state index in [4.69, 9.17) is 15.5 Å². The summed E-state index contributed by atoms with van der Waals surface area (Å²) in [5.41, 5.74) is 9.36. The quantitative estimate of drug-likeness (QED) is 0.700. The molecule has 3 aromatic rings. The molecule has 0 spiro atoms. The molecule has 3 aromatic heterocycles. The van der Waals surface area contributed by atoms with Crippen molar-refractivity contribution >= 4 is 43.4 Å². The summed E-state index contributed by atoms with van der Waals surface area (Å²) in [7, 11) is 0. The molecule has 0 radical (unpaired) electrons. The van der Waals surface area contributed by atoms with Gasteiger partial charge >= 0.3 is 0 Å². The van der Waals surface area contributed by atoms with Crippen LogP contribution in [0, 0.1) is 0 Å². The third-order valence-electron chi connectivity index (χ3n) is 5.36. The monoisotopic (exact) mass is 385 g/mol. The number of nitrogens with one attached hydrogen (secondary N) is 1. The normalized spacial score (nSPS) is 17.4. The van der Waals surface area contributed by atoms with Gasteiger partial charge in [0.15, 0.2) is 5.82 Å². The van der Waals surface area contributed by atoms with Gasteiger partial charge in [0.25, 0.3) is 0 Å². The van der Waals surface area contributed by atoms with Crippen molar-refractivity contribution in [1.29, 1.82) is 0 Å². The maximum Gasteiger partial charge on any atom is 0.170 e. The lowest BCUT2D eigenvalue weighted by atomic mass is 9.90. The summed E-state index contributed by atoms with van der Waals surface area (Å²) >= 11 is 1.65. The van der Waals surface area contributed by atoms with Gasteiger partial charge in [-0.2, -0.15) is 0 Å². The van der Waals surface area contributed by atoms with E-state index in [0.717, 1.165) is 65.8 Å². The maximum atomic E-state index is 5.64. The Labute approximate surface area is 161 Å². The van der Waals surface area contributed by atoms with Gasteiger partial charge in [-0.05, 0) is 42.0 Å². The lowest BCUT2D eigenvalue weighted by molar-refractivity contribution is 0.122. The van der Waals surface area contributed by atoms with Crippen LogP contribution < -0.4 is 16.0 Å². The van der Waals surface area contributed by atoms with Crippen molar-refractivity contribution < 1.29 is 4.74 Å². The molecule has 1 aliphatic carbocycles. The van der Waals surface area contributed by atoms with Crippen LogP contribution in [0.25, 0.3) is 20.4 Å². The van der Waals surface area contributed by atoms with Crippen molar-refractivity contribution in [3.63, 3.8) is 0 Å². The summed E-state index contributed by atoms with van der Waals surface area (Å²) in [5, 5.41) is 17.0. The minimum absolute atomic E-state index is 0.547. The summed E-state index contributed by atoms with van der Waals surface area (Å²) < 4.78 is 6.56. The molecule has 0 saturated carbocycles. The van der Waals surface area contributed by atoms with Gasteiger partial charge in [0, 0.05) is 31.6 Å². The van der Waals surface area contributed by atoms with Gasteiger partial charge < -0.3 is 20.7 Å². The molecule has 0 bridgehead atoms. The predicted molar refractivity (Wildman–Crippen MR) is 108 cm³/mol. The van der Waals surface area contributed by atoms with Gasteiger partial charge in [-0.25, -0.2) is 4.98 Å². The number of anilines is 2. The molecule has 1 fully saturated rings. The van der Waals surface area contributed by atoms with E-state index in [2.05, 4.69) is 25.6 Å². The SMILES string of the molecule is NCCNc1nnnc2c1sc1nc(N3CCOCC3)c3c(c12)CCCC3. The Morgan fingerprint density at radius 2 is 1.93 bits per heavy atom. The Morgan fingerprint density at radius 3 is 2.74 bits per heavy atom. The molecule has 3 N–H and O–H groups in total. The van der Waals surface area contributed by atoms with E-state index in [-0.39, 0.29) is 0 Å². The second-order valence-electron chi connectivity index (χ2n) is 7.01. The fourth-order valence-corrected chi connectivity index (χ4v) is 5.21. The average molecular weight is 385 g/mol. The molecular formula is C18H23N7OS. The van der Waals surface area contributed by atoms with Crippen LogP contribution in [0.1, 0.15) is 24.0 Å². The number of fused-ring (bicyclic) bond motifs is 5. The van der Waals surface area contributed by atoms with Crippen molar-refractivity contribution in [3.8, 4) is 0 Å². The van der Waals surface area contributed by atoms with E-state index < -0.39 is 0 Å². The first-order valence-electron chi connectivity index (χ1n) is 9.60. The van der Waals surface area contributed by atoms with Crippen molar-refractivity contribution in [2.45, 2.75) is 25.7 Å². The molecule has 8 nitrogen and oxygen atoms in total. The standard InChI is InChI=1S/C18H23N7OS/c19-5-6-20-16-15-14(22-24-23-16)13-11-3-1-2-4-12(11)17(21-18(13)27-15)25-7-9-26-10-8-25/h1-10,19H2,(H,20,22,23). The number of hydrogen-bond donors (Lipinski definition) is 2. The minimum atomic E-state index is 0.547. The molecule has 0 atom stereocenters. The topological polar surface area (TPSA) is 102 Å². The Kier molecular flexibility index (Phi) is 4.50. The second kappa shape index (κ2) is 7.14. The fraction of sp³-hybridized carbons (Fsp3) is 0.556. The largest absolute Gasteiger partial charge is 0.378 e. The highest BCUT2D eigenvalue weighted by atomic mass is 32.1. The molecular weight excluding hydrogens is 362 g/mol. The van der Waals surface area contributed by atoms with E-state index in [1.807, 2.05) is 0 Å². The molecule has 0 aromatic carbocycles. The predicted octanol–water partition coefficient (Wildman–Crippen LogP) is 1.72. The first-order valence-corrected chi connectivity index (χ1v) is 10.4. The molecule has 27 heavy (non-hydrogen) atoms. The Bertz CT molecular complexity index is 983. The van der Waals surface area contributed by atoms with Gasteiger partial charge in [-0.1, -0.05) is 0 Å². The second-order valence-corrected chi connectivity index (χ2v) is 8.01. The van der Waals surface area contributed by atoms with E-state index in [1.54, 1.807) is 11.3 Å². The summed E-state index contributed by atoms with van der Waals surface area (Å²) in [6.07, 6.45) is 4.59. The average Bonchev–Trinajstić information content (AvgIpc) is 3.11. The van der Waals surface area contributed by atoms with E-state index in [1.165, 1.54) is 29.4 Å². The van der Waals surface area contributed by atoms with Crippen LogP contribution in [0.2, 0.25) is 0 Å². The number of thiophene rings is 1. The van der Waals surface area contributed by atoms with Crippen LogP contribution in [0.15, 0.2) is 0 Å². The summed E-state index contributed by atoms with van der Waals surface area (Å²) in [6, 6.07) is 0. The highest BCUT2D eigenvalue weighted by molar-refractivity contribution is 7.26. The number of ether oxygens (including phenoxy) is 1. The van der Waals surface area contributed by atoms with E-state index in [0.29, 0.717) is 13.1 Å². The zero-order valence-corrected chi connectivity index (χ0v) is 16.0. The van der Waals surface area contributed by atoms with Gasteiger partial charge in [-0.3, -0.25) is 0 Å². The molecule has 0 unspecified atom stereocenters. The highest BCUT2D eigenvalue weighted by Gasteiger charge is 2.26. The lowest BCUT2D eigenvalue weighted by Gasteiger charge is -2.31. The number of morpholine rings is 1. The summed E-state index contributed by atoms with van der Waals surface area (Å²) in [5.74, 6) is 1.90. The molecule has 142 valence electrons. The molecule has 9 heteroatoms. The molecule has 2 aliphatic rings. The Morgan fingerprint density at radius 1 is 1.11 bits per heavy atom. The summed E-state index contributed by atoms with van der Waals surface area (Å²) in [6.45, 7) is 4.55. The number of aryl methyl sites for hydroxylation is 1. The number of pyridine rings is 1. The molecule has 1 aliphatic heterocycles. The first kappa shape index (κ1) is 17.0. The van der Waals surface area contributed by atoms with Crippen molar-refractivity contribution in [2.24, 2.45) is 5.73 Å². The number of nitrogens with zero attached hydrogens (tertiary/aromatic N) is 5.